The van der Waals surface area contributed by atoms with Gasteiger partial charge in [-0.2, -0.15) is 0 Å². The van der Waals surface area contributed by atoms with Crippen LogP contribution in [0.2, 0.25) is 0 Å². The number of benzene rings is 1. The summed E-state index contributed by atoms with van der Waals surface area (Å²) < 4.78 is 7.01. The molecule has 1 N–H and O–H groups in total. The first kappa shape index (κ1) is 18.4. The number of nitrogens with one attached hydrogen (secondary N) is 1. The molecule has 0 unspecified atom stereocenters. The third-order valence-corrected chi connectivity index (χ3v) is 4.88. The normalized spacial score (nSPS) is 15.0. The van der Waals surface area contributed by atoms with Crippen LogP contribution in [0.25, 0.3) is 0 Å². The zero-order valence-electron chi connectivity index (χ0n) is 15.5. The molecule has 1 saturated heterocycles. The van der Waals surface area contributed by atoms with Crippen molar-refractivity contribution in [3.63, 3.8) is 0 Å². The number of hydrogen-bond acceptors (Lipinski definition) is 5. The molecule has 1 amide bonds. The lowest BCUT2D eigenvalue weighted by Crippen LogP contribution is -2.30. The van der Waals surface area contributed by atoms with Crippen molar-refractivity contribution in [1.82, 2.24) is 25.2 Å². The van der Waals surface area contributed by atoms with Crippen molar-refractivity contribution in [1.29, 1.82) is 0 Å². The van der Waals surface area contributed by atoms with E-state index in [1.165, 1.54) is 5.56 Å². The maximum absolute atomic E-state index is 12.5. The Kier molecular flexibility index (Phi) is 6.22. The number of nitrogens with zero attached hydrogens (tertiary/aromatic N) is 4. The first-order valence-electron chi connectivity index (χ1n) is 9.18. The lowest BCUT2D eigenvalue weighted by molar-refractivity contribution is 0.0787. The summed E-state index contributed by atoms with van der Waals surface area (Å²) in [6, 6.07) is 8.38. The minimum Gasteiger partial charge on any atom is -0.497 e. The molecule has 2 heterocycles. The van der Waals surface area contributed by atoms with E-state index in [1.54, 1.807) is 18.2 Å². The van der Waals surface area contributed by atoms with Crippen LogP contribution in [0.5, 0.6) is 5.75 Å². The smallest absolute Gasteiger partial charge is 0.275 e. The Balaban J connectivity index is 1.48. The highest BCUT2D eigenvalue weighted by Gasteiger charge is 2.20. The van der Waals surface area contributed by atoms with Gasteiger partial charge in [0.15, 0.2) is 5.69 Å². The fourth-order valence-corrected chi connectivity index (χ4v) is 3.23. The second kappa shape index (κ2) is 8.80. The third kappa shape index (κ3) is 4.60. The predicted molar refractivity (Wildman–Crippen MR) is 99.4 cm³/mol. The lowest BCUT2D eigenvalue weighted by atomic mass is 10.1. The van der Waals surface area contributed by atoms with E-state index in [0.717, 1.165) is 44.5 Å². The summed E-state index contributed by atoms with van der Waals surface area (Å²) >= 11 is 0. The van der Waals surface area contributed by atoms with Gasteiger partial charge in [-0.3, -0.25) is 4.79 Å². The molecule has 7 heteroatoms. The SMILES string of the molecule is COc1ccc(CCCN(C)C(=O)c2cn(C3CCNCC3)nn2)cc1. The third-order valence-electron chi connectivity index (χ3n) is 4.88. The molecule has 1 aromatic heterocycles. The topological polar surface area (TPSA) is 72.3 Å². The van der Waals surface area contributed by atoms with Crippen LogP contribution in [0.4, 0.5) is 0 Å². The molecule has 7 nitrogen and oxygen atoms in total. The summed E-state index contributed by atoms with van der Waals surface area (Å²) in [5.41, 5.74) is 1.67. The van der Waals surface area contributed by atoms with E-state index >= 15 is 0 Å². The minimum absolute atomic E-state index is 0.0695. The Morgan fingerprint density at radius 2 is 2.04 bits per heavy atom. The van der Waals surface area contributed by atoms with Gasteiger partial charge in [-0.25, -0.2) is 4.68 Å². The Morgan fingerprint density at radius 3 is 2.73 bits per heavy atom. The molecule has 2 aromatic rings. The minimum atomic E-state index is -0.0695. The molecule has 1 aliphatic rings. The summed E-state index contributed by atoms with van der Waals surface area (Å²) in [5.74, 6) is 0.790. The van der Waals surface area contributed by atoms with Crippen LogP contribution >= 0.6 is 0 Å². The summed E-state index contributed by atoms with van der Waals surface area (Å²) in [7, 11) is 3.48. The number of ether oxygens (including phenoxy) is 1. The standard InChI is InChI=1S/C19H27N5O2/c1-23(13-3-4-15-5-7-17(26-2)8-6-15)19(25)18-14-24(22-21-18)16-9-11-20-12-10-16/h5-8,14,16,20H,3-4,9-13H2,1-2H3. The van der Waals surface area contributed by atoms with Crippen molar-refractivity contribution in [3.8, 4) is 5.75 Å². The van der Waals surface area contributed by atoms with Crippen LogP contribution in [0.3, 0.4) is 0 Å². The van der Waals surface area contributed by atoms with Gasteiger partial charge in [-0.1, -0.05) is 17.3 Å². The van der Waals surface area contributed by atoms with Gasteiger partial charge < -0.3 is 15.0 Å². The number of carbonyl (C=O) groups is 1. The van der Waals surface area contributed by atoms with Crippen molar-refractivity contribution >= 4 is 5.91 Å². The molecule has 140 valence electrons. The van der Waals surface area contributed by atoms with E-state index in [0.29, 0.717) is 18.3 Å². The molecule has 0 atom stereocenters. The van der Waals surface area contributed by atoms with Crippen LogP contribution in [0, 0.1) is 0 Å². The summed E-state index contributed by atoms with van der Waals surface area (Å²) in [6.45, 7) is 2.66. The van der Waals surface area contributed by atoms with Crippen LogP contribution in [0.15, 0.2) is 30.5 Å². The van der Waals surface area contributed by atoms with E-state index in [9.17, 15) is 4.79 Å². The summed E-state index contributed by atoms with van der Waals surface area (Å²) in [4.78, 5) is 14.3. The zero-order chi connectivity index (χ0) is 18.4. The van der Waals surface area contributed by atoms with Crippen molar-refractivity contribution < 1.29 is 9.53 Å². The average Bonchev–Trinajstić information content (AvgIpc) is 3.18. The molecule has 0 radical (unpaired) electrons. The van der Waals surface area contributed by atoms with Crippen molar-refractivity contribution in [2.75, 3.05) is 33.8 Å². The van der Waals surface area contributed by atoms with E-state index in [-0.39, 0.29) is 5.91 Å². The second-order valence-electron chi connectivity index (χ2n) is 6.74. The first-order chi connectivity index (χ1) is 12.7. The number of carbonyl (C=O) groups excluding carboxylic acids is 1. The zero-order valence-corrected chi connectivity index (χ0v) is 15.5. The molecule has 0 aliphatic carbocycles. The first-order valence-corrected chi connectivity index (χ1v) is 9.18. The Morgan fingerprint density at radius 1 is 1.31 bits per heavy atom. The Hall–Kier alpha value is -2.41. The number of methoxy groups -OCH3 is 1. The lowest BCUT2D eigenvalue weighted by Gasteiger charge is -2.22. The van der Waals surface area contributed by atoms with Gasteiger partial charge in [0.1, 0.15) is 5.75 Å². The van der Waals surface area contributed by atoms with E-state index < -0.39 is 0 Å². The van der Waals surface area contributed by atoms with Gasteiger partial charge in [-0.15, -0.1) is 5.10 Å². The second-order valence-corrected chi connectivity index (χ2v) is 6.74. The average molecular weight is 357 g/mol. The van der Waals surface area contributed by atoms with Crippen LogP contribution in [-0.4, -0.2) is 59.6 Å². The molecular weight excluding hydrogens is 330 g/mol. The monoisotopic (exact) mass is 357 g/mol. The molecule has 0 spiro atoms. The number of aryl methyl sites for hydroxylation is 1. The molecule has 0 saturated carbocycles. The van der Waals surface area contributed by atoms with Crippen LogP contribution in [-0.2, 0) is 6.42 Å². The fourth-order valence-electron chi connectivity index (χ4n) is 3.23. The maximum Gasteiger partial charge on any atom is 0.275 e. The van der Waals surface area contributed by atoms with Gasteiger partial charge in [0.2, 0.25) is 0 Å². The van der Waals surface area contributed by atoms with E-state index in [4.69, 9.17) is 4.74 Å². The summed E-state index contributed by atoms with van der Waals surface area (Å²) in [6.07, 6.45) is 5.65. The van der Waals surface area contributed by atoms with Gasteiger partial charge in [0.25, 0.3) is 5.91 Å². The van der Waals surface area contributed by atoms with Gasteiger partial charge in [0, 0.05) is 13.6 Å². The molecule has 0 bridgehead atoms. The number of piperidine rings is 1. The highest BCUT2D eigenvalue weighted by molar-refractivity contribution is 5.91. The van der Waals surface area contributed by atoms with Crippen molar-refractivity contribution in [2.24, 2.45) is 0 Å². The quantitative estimate of drug-likeness (QED) is 0.820. The number of rotatable bonds is 7. The molecule has 26 heavy (non-hydrogen) atoms. The molecule has 1 aliphatic heterocycles. The number of hydrogen-bond donors (Lipinski definition) is 1. The van der Waals surface area contributed by atoms with E-state index in [2.05, 4.69) is 27.8 Å². The van der Waals surface area contributed by atoms with Crippen molar-refractivity contribution in [2.45, 2.75) is 31.7 Å². The maximum atomic E-state index is 12.5. The van der Waals surface area contributed by atoms with Gasteiger partial charge in [-0.05, 0) is 56.5 Å². The fraction of sp³-hybridized carbons (Fsp3) is 0.526. The number of amides is 1. The van der Waals surface area contributed by atoms with Gasteiger partial charge >= 0.3 is 0 Å². The van der Waals surface area contributed by atoms with Crippen molar-refractivity contribution in [3.05, 3.63) is 41.7 Å². The molecular formula is C19H27N5O2. The molecule has 1 fully saturated rings. The van der Waals surface area contributed by atoms with Gasteiger partial charge in [0.05, 0.1) is 19.3 Å². The summed E-state index contributed by atoms with van der Waals surface area (Å²) in [5, 5.41) is 11.6. The highest BCUT2D eigenvalue weighted by Crippen LogP contribution is 2.17. The number of aromatic nitrogens is 3. The largest absolute Gasteiger partial charge is 0.497 e. The van der Waals surface area contributed by atoms with Crippen LogP contribution in [0.1, 0.15) is 41.4 Å². The van der Waals surface area contributed by atoms with E-state index in [1.807, 2.05) is 23.9 Å². The predicted octanol–water partition coefficient (Wildman–Crippen LogP) is 1.92. The molecule has 3 rings (SSSR count). The molecule has 1 aromatic carbocycles. The Bertz CT molecular complexity index is 707. The Labute approximate surface area is 154 Å². The highest BCUT2D eigenvalue weighted by atomic mass is 16.5. The van der Waals surface area contributed by atoms with Crippen LogP contribution < -0.4 is 10.1 Å².